The van der Waals surface area contributed by atoms with Gasteiger partial charge >= 0.3 is 0 Å². The Morgan fingerprint density at radius 3 is 3.07 bits per heavy atom. The number of nitrogens with two attached hydrogens (primary N) is 1. The smallest absolute Gasteiger partial charge is 0.0891 e. The maximum Gasteiger partial charge on any atom is 0.0891 e. The van der Waals surface area contributed by atoms with Gasteiger partial charge in [0.05, 0.1) is 25.4 Å². The summed E-state index contributed by atoms with van der Waals surface area (Å²) < 4.78 is 11.2. The minimum Gasteiger partial charge on any atom is -0.380 e. The van der Waals surface area contributed by atoms with Crippen molar-refractivity contribution in [3.63, 3.8) is 0 Å². The summed E-state index contributed by atoms with van der Waals surface area (Å²) in [5.74, 6) is 5.50. The molecule has 0 aromatic carbocycles. The van der Waals surface area contributed by atoms with E-state index in [0.717, 1.165) is 32.7 Å². The van der Waals surface area contributed by atoms with E-state index in [1.54, 1.807) is 0 Å². The van der Waals surface area contributed by atoms with Crippen LogP contribution in [-0.4, -0.2) is 57.0 Å². The van der Waals surface area contributed by atoms with Crippen molar-refractivity contribution in [1.29, 1.82) is 0 Å². The van der Waals surface area contributed by atoms with Crippen LogP contribution in [0, 0.1) is 0 Å². The molecule has 0 radical (unpaired) electrons. The van der Waals surface area contributed by atoms with Gasteiger partial charge in [0.15, 0.2) is 0 Å². The van der Waals surface area contributed by atoms with Gasteiger partial charge in [-0.05, 0) is 13.5 Å². The predicted molar refractivity (Wildman–Crippen MR) is 59.5 cm³/mol. The number of ether oxygens (including phenoxy) is 2. The molecule has 0 amide bonds. The van der Waals surface area contributed by atoms with E-state index in [1.165, 1.54) is 0 Å². The zero-order chi connectivity index (χ0) is 11.1. The van der Waals surface area contributed by atoms with Gasteiger partial charge in [0.25, 0.3) is 0 Å². The Morgan fingerprint density at radius 1 is 1.67 bits per heavy atom. The first-order valence-electron chi connectivity index (χ1n) is 5.62. The lowest BCUT2D eigenvalue weighted by Crippen LogP contribution is -2.55. The van der Waals surface area contributed by atoms with Crippen molar-refractivity contribution < 1.29 is 9.47 Å². The number of morpholine rings is 1. The first-order chi connectivity index (χ1) is 7.27. The van der Waals surface area contributed by atoms with Crippen LogP contribution in [0.5, 0.6) is 0 Å². The molecule has 0 aromatic rings. The van der Waals surface area contributed by atoms with Gasteiger partial charge in [-0.25, -0.2) is 0 Å². The lowest BCUT2D eigenvalue weighted by atomic mass is 10.1. The lowest BCUT2D eigenvalue weighted by Gasteiger charge is -2.34. The molecule has 1 heterocycles. The molecule has 0 saturated carbocycles. The summed E-state index contributed by atoms with van der Waals surface area (Å²) >= 11 is 0. The molecule has 0 bridgehead atoms. The minimum atomic E-state index is 0.0827. The third-order valence-corrected chi connectivity index (χ3v) is 2.61. The topological polar surface area (TPSA) is 59.8 Å². The quantitative estimate of drug-likeness (QED) is 0.359. The molecule has 1 saturated heterocycles. The molecule has 3 N–H and O–H groups in total. The summed E-state index contributed by atoms with van der Waals surface area (Å²) in [6, 6.07) is 0.0827. The molecule has 0 aromatic heterocycles. The van der Waals surface area contributed by atoms with E-state index >= 15 is 0 Å². The van der Waals surface area contributed by atoms with Gasteiger partial charge in [-0.3, -0.25) is 11.3 Å². The van der Waals surface area contributed by atoms with Crippen molar-refractivity contribution in [2.24, 2.45) is 5.84 Å². The second-order valence-corrected chi connectivity index (χ2v) is 4.02. The molecule has 2 atom stereocenters. The van der Waals surface area contributed by atoms with E-state index in [9.17, 15) is 0 Å². The van der Waals surface area contributed by atoms with Crippen LogP contribution in [0.4, 0.5) is 0 Å². The van der Waals surface area contributed by atoms with Gasteiger partial charge in [0.1, 0.15) is 0 Å². The van der Waals surface area contributed by atoms with Crippen LogP contribution in [0.15, 0.2) is 0 Å². The maximum atomic E-state index is 5.67. The Morgan fingerprint density at radius 2 is 2.47 bits per heavy atom. The number of nitrogens with zero attached hydrogens (tertiary/aromatic N) is 1. The van der Waals surface area contributed by atoms with Gasteiger partial charge in [0, 0.05) is 19.7 Å². The number of hydrogen-bond acceptors (Lipinski definition) is 5. The molecule has 15 heavy (non-hydrogen) atoms. The van der Waals surface area contributed by atoms with E-state index in [2.05, 4.69) is 24.3 Å². The van der Waals surface area contributed by atoms with Gasteiger partial charge < -0.3 is 14.4 Å². The van der Waals surface area contributed by atoms with Crippen molar-refractivity contribution in [3.05, 3.63) is 0 Å². The van der Waals surface area contributed by atoms with E-state index in [1.807, 2.05) is 0 Å². The summed E-state index contributed by atoms with van der Waals surface area (Å²) in [4.78, 5) is 2.25. The second kappa shape index (κ2) is 7.14. The molecule has 90 valence electrons. The van der Waals surface area contributed by atoms with Crippen LogP contribution in [-0.2, 0) is 9.47 Å². The molecule has 1 rings (SSSR count). The van der Waals surface area contributed by atoms with Crippen molar-refractivity contribution in [1.82, 2.24) is 10.3 Å². The first kappa shape index (κ1) is 12.9. The largest absolute Gasteiger partial charge is 0.380 e. The van der Waals surface area contributed by atoms with Crippen LogP contribution in [0.1, 0.15) is 13.3 Å². The minimum absolute atomic E-state index is 0.0827. The Hall–Kier alpha value is -0.200. The highest BCUT2D eigenvalue weighted by atomic mass is 16.5. The van der Waals surface area contributed by atoms with Crippen LogP contribution in [0.2, 0.25) is 0 Å². The standard InChI is InChI=1S/C10H23N3O2/c1-3-5-14-8-9(12-11)10-7-13(2)4-6-15-10/h9-10,12H,3-8,11H2,1-2H3. The fraction of sp³-hybridized carbons (Fsp3) is 1.00. The van der Waals surface area contributed by atoms with Crippen LogP contribution < -0.4 is 11.3 Å². The molecule has 2 unspecified atom stereocenters. The third-order valence-electron chi connectivity index (χ3n) is 2.61. The van der Waals surface area contributed by atoms with E-state index in [4.69, 9.17) is 15.3 Å². The number of nitrogens with one attached hydrogen (secondary N) is 1. The van der Waals surface area contributed by atoms with Gasteiger partial charge in [-0.15, -0.1) is 0 Å². The lowest BCUT2D eigenvalue weighted by molar-refractivity contribution is -0.0550. The molecule has 5 nitrogen and oxygen atoms in total. The van der Waals surface area contributed by atoms with Gasteiger partial charge in [-0.1, -0.05) is 6.92 Å². The summed E-state index contributed by atoms with van der Waals surface area (Å²) in [7, 11) is 2.09. The Kier molecular flexibility index (Phi) is 6.12. The number of hydrogen-bond donors (Lipinski definition) is 2. The highest BCUT2D eigenvalue weighted by Gasteiger charge is 2.25. The summed E-state index contributed by atoms with van der Waals surface area (Å²) in [5.41, 5.74) is 2.77. The SMILES string of the molecule is CCCOCC(NN)C1CN(C)CCO1. The average Bonchev–Trinajstić information content (AvgIpc) is 2.24. The fourth-order valence-electron chi connectivity index (χ4n) is 1.67. The number of likely N-dealkylation sites (N-methyl/N-ethyl adjacent to an activating group) is 1. The summed E-state index contributed by atoms with van der Waals surface area (Å²) in [5, 5.41) is 0. The zero-order valence-corrected chi connectivity index (χ0v) is 9.74. The van der Waals surface area contributed by atoms with E-state index in [-0.39, 0.29) is 12.1 Å². The van der Waals surface area contributed by atoms with Gasteiger partial charge in [-0.2, -0.15) is 0 Å². The molecule has 1 aliphatic rings. The van der Waals surface area contributed by atoms with Crippen molar-refractivity contribution in [3.8, 4) is 0 Å². The van der Waals surface area contributed by atoms with Crippen molar-refractivity contribution in [2.75, 3.05) is 40.0 Å². The van der Waals surface area contributed by atoms with E-state index < -0.39 is 0 Å². The first-order valence-corrected chi connectivity index (χ1v) is 5.62. The second-order valence-electron chi connectivity index (χ2n) is 4.02. The Bertz CT molecular complexity index is 169. The zero-order valence-electron chi connectivity index (χ0n) is 9.74. The monoisotopic (exact) mass is 217 g/mol. The van der Waals surface area contributed by atoms with E-state index in [0.29, 0.717) is 6.61 Å². The van der Waals surface area contributed by atoms with Crippen molar-refractivity contribution >= 4 is 0 Å². The summed E-state index contributed by atoms with van der Waals surface area (Å²) in [6.45, 7) is 6.15. The Labute approximate surface area is 91.9 Å². The van der Waals surface area contributed by atoms with Crippen LogP contribution in [0.25, 0.3) is 0 Å². The third kappa shape index (κ3) is 4.44. The summed E-state index contributed by atoms with van der Waals surface area (Å²) in [6.07, 6.45) is 1.16. The average molecular weight is 217 g/mol. The normalized spacial score (nSPS) is 25.4. The van der Waals surface area contributed by atoms with Crippen LogP contribution in [0.3, 0.4) is 0 Å². The Balaban J connectivity index is 2.29. The highest BCUT2D eigenvalue weighted by molar-refractivity contribution is 4.80. The van der Waals surface area contributed by atoms with Gasteiger partial charge in [0.2, 0.25) is 0 Å². The maximum absolute atomic E-state index is 5.67. The number of hydrazine groups is 1. The fourth-order valence-corrected chi connectivity index (χ4v) is 1.67. The molecular formula is C10H23N3O2. The molecule has 0 aliphatic carbocycles. The molecule has 1 aliphatic heterocycles. The molecule has 5 heteroatoms. The highest BCUT2D eigenvalue weighted by Crippen LogP contribution is 2.07. The van der Waals surface area contributed by atoms with Crippen molar-refractivity contribution in [2.45, 2.75) is 25.5 Å². The molecule has 1 fully saturated rings. The molecule has 0 spiro atoms. The number of rotatable bonds is 6. The molecular weight excluding hydrogens is 194 g/mol. The van der Waals surface area contributed by atoms with Crippen LogP contribution >= 0.6 is 0 Å². The predicted octanol–water partition coefficient (Wildman–Crippen LogP) is -0.424.